The summed E-state index contributed by atoms with van der Waals surface area (Å²) < 4.78 is 32.2. The topological polar surface area (TPSA) is 87.7 Å². The van der Waals surface area contributed by atoms with Crippen LogP contribution in [0.3, 0.4) is 0 Å². The van der Waals surface area contributed by atoms with Crippen molar-refractivity contribution in [2.45, 2.75) is 4.90 Å². The zero-order valence-corrected chi connectivity index (χ0v) is 13.4. The molecule has 0 unspecified atom stereocenters. The largest absolute Gasteiger partial charge is 0.379 e. The fraction of sp³-hybridized carbons (Fsp3) is 0.500. The molecule has 1 fully saturated rings. The highest BCUT2D eigenvalue weighted by Crippen LogP contribution is 2.10. The summed E-state index contributed by atoms with van der Waals surface area (Å²) in [5, 5.41) is 2.49. The Bertz CT molecular complexity index is 595. The van der Waals surface area contributed by atoms with Crippen molar-refractivity contribution >= 4 is 15.9 Å². The average molecular weight is 327 g/mol. The predicted molar refractivity (Wildman–Crippen MR) is 82.3 cm³/mol. The molecule has 0 spiro atoms. The van der Waals surface area contributed by atoms with E-state index in [-0.39, 0.29) is 10.8 Å². The third-order valence-corrected chi connectivity index (χ3v) is 4.95. The summed E-state index contributed by atoms with van der Waals surface area (Å²) in [6, 6.07) is 5.86. The van der Waals surface area contributed by atoms with Crippen molar-refractivity contribution in [1.82, 2.24) is 14.9 Å². The Hall–Kier alpha value is -1.48. The zero-order chi connectivity index (χ0) is 16.0. The number of nitrogens with one attached hydrogen (secondary N) is 2. The van der Waals surface area contributed by atoms with Crippen LogP contribution >= 0.6 is 0 Å². The van der Waals surface area contributed by atoms with Crippen LogP contribution in [0.5, 0.6) is 0 Å². The van der Waals surface area contributed by atoms with E-state index in [0.29, 0.717) is 31.9 Å². The number of carbonyl (C=O) groups excluding carboxylic acids is 1. The Labute approximate surface area is 130 Å². The number of nitrogens with zero attached hydrogens (tertiary/aromatic N) is 1. The van der Waals surface area contributed by atoms with Crippen LogP contribution in [-0.4, -0.2) is 65.7 Å². The highest BCUT2D eigenvalue weighted by molar-refractivity contribution is 7.89. The zero-order valence-electron chi connectivity index (χ0n) is 12.5. The normalized spacial score (nSPS) is 16.4. The van der Waals surface area contributed by atoms with E-state index >= 15 is 0 Å². The number of hydrogen-bond acceptors (Lipinski definition) is 5. The van der Waals surface area contributed by atoms with Crippen LogP contribution in [0.2, 0.25) is 0 Å². The fourth-order valence-corrected chi connectivity index (χ4v) is 3.20. The molecule has 1 saturated heterocycles. The molecule has 0 saturated carbocycles. The van der Waals surface area contributed by atoms with E-state index < -0.39 is 10.0 Å². The summed E-state index contributed by atoms with van der Waals surface area (Å²) >= 11 is 0. The van der Waals surface area contributed by atoms with E-state index in [0.717, 1.165) is 13.1 Å². The van der Waals surface area contributed by atoms with Gasteiger partial charge < -0.3 is 10.1 Å². The van der Waals surface area contributed by atoms with Gasteiger partial charge in [0.25, 0.3) is 5.91 Å². The Morgan fingerprint density at radius 1 is 1.23 bits per heavy atom. The van der Waals surface area contributed by atoms with Crippen LogP contribution in [-0.2, 0) is 14.8 Å². The highest BCUT2D eigenvalue weighted by atomic mass is 32.2. The van der Waals surface area contributed by atoms with Crippen molar-refractivity contribution in [3.8, 4) is 0 Å². The summed E-state index contributed by atoms with van der Waals surface area (Å²) in [4.78, 5) is 13.7. The van der Waals surface area contributed by atoms with Crippen molar-refractivity contribution < 1.29 is 17.9 Å². The molecule has 1 amide bonds. The molecule has 2 N–H and O–H groups in total. The summed E-state index contributed by atoms with van der Waals surface area (Å²) in [6.07, 6.45) is 0. The lowest BCUT2D eigenvalue weighted by molar-refractivity contribution is 0.0390. The second-order valence-electron chi connectivity index (χ2n) is 4.96. The number of amides is 1. The van der Waals surface area contributed by atoms with Crippen LogP contribution in [0.4, 0.5) is 0 Å². The van der Waals surface area contributed by atoms with Gasteiger partial charge in [-0.2, -0.15) is 0 Å². The van der Waals surface area contributed by atoms with Gasteiger partial charge in [0.2, 0.25) is 10.0 Å². The lowest BCUT2D eigenvalue weighted by atomic mass is 10.2. The van der Waals surface area contributed by atoms with E-state index in [2.05, 4.69) is 14.9 Å². The van der Waals surface area contributed by atoms with Gasteiger partial charge in [-0.3, -0.25) is 9.69 Å². The molecular weight excluding hydrogens is 306 g/mol. The number of rotatable bonds is 6. The number of hydrogen-bond donors (Lipinski definition) is 2. The molecule has 1 aromatic rings. The Morgan fingerprint density at radius 3 is 2.45 bits per heavy atom. The van der Waals surface area contributed by atoms with Gasteiger partial charge in [0.1, 0.15) is 0 Å². The molecule has 1 heterocycles. The Balaban J connectivity index is 1.90. The molecule has 0 radical (unpaired) electrons. The third kappa shape index (κ3) is 4.51. The maximum Gasteiger partial charge on any atom is 0.251 e. The van der Waals surface area contributed by atoms with Gasteiger partial charge in [0.15, 0.2) is 0 Å². The van der Waals surface area contributed by atoms with Gasteiger partial charge in [0.05, 0.1) is 18.1 Å². The molecule has 7 nitrogen and oxygen atoms in total. The molecule has 0 aromatic heterocycles. The van der Waals surface area contributed by atoms with Crippen LogP contribution in [0.1, 0.15) is 10.4 Å². The maximum atomic E-state index is 12.2. The molecule has 1 aromatic carbocycles. The number of benzene rings is 1. The first kappa shape index (κ1) is 16.9. The number of ether oxygens (including phenoxy) is 1. The van der Waals surface area contributed by atoms with E-state index in [1.807, 2.05) is 0 Å². The number of carbonyl (C=O) groups is 1. The highest BCUT2D eigenvalue weighted by Gasteiger charge is 2.16. The molecule has 2 rings (SSSR count). The van der Waals surface area contributed by atoms with E-state index in [9.17, 15) is 13.2 Å². The first-order valence-corrected chi connectivity index (χ1v) is 8.63. The maximum absolute atomic E-state index is 12.2. The van der Waals surface area contributed by atoms with Crippen molar-refractivity contribution in [1.29, 1.82) is 0 Å². The molecule has 0 aliphatic carbocycles. The molecule has 8 heteroatoms. The second-order valence-corrected chi connectivity index (χ2v) is 6.72. The smallest absolute Gasteiger partial charge is 0.251 e. The Morgan fingerprint density at radius 2 is 1.86 bits per heavy atom. The van der Waals surface area contributed by atoms with Crippen molar-refractivity contribution in [3.63, 3.8) is 0 Å². The first-order valence-electron chi connectivity index (χ1n) is 7.15. The first-order chi connectivity index (χ1) is 10.5. The molecule has 0 atom stereocenters. The van der Waals surface area contributed by atoms with Crippen LogP contribution in [0.25, 0.3) is 0 Å². The molecule has 1 aliphatic heterocycles. The Kier molecular flexibility index (Phi) is 5.90. The summed E-state index contributed by atoms with van der Waals surface area (Å²) in [7, 11) is -2.02. The minimum atomic E-state index is -3.55. The molecule has 122 valence electrons. The van der Waals surface area contributed by atoms with E-state index in [4.69, 9.17) is 4.74 Å². The van der Waals surface area contributed by atoms with Gasteiger partial charge in [-0.1, -0.05) is 0 Å². The predicted octanol–water partition coefficient (Wildman–Crippen LogP) is -0.343. The SMILES string of the molecule is CNC(=O)c1ccc(S(=O)(=O)NCCN2CCOCC2)cc1. The number of sulfonamides is 1. The molecule has 1 aliphatic rings. The van der Waals surface area contributed by atoms with Gasteiger partial charge in [-0.05, 0) is 24.3 Å². The van der Waals surface area contributed by atoms with E-state index in [1.54, 1.807) is 0 Å². The monoisotopic (exact) mass is 327 g/mol. The van der Waals surface area contributed by atoms with Gasteiger partial charge in [-0.15, -0.1) is 0 Å². The minimum Gasteiger partial charge on any atom is -0.379 e. The quantitative estimate of drug-likeness (QED) is 0.746. The van der Waals surface area contributed by atoms with Gasteiger partial charge >= 0.3 is 0 Å². The number of morpholine rings is 1. The standard InChI is InChI=1S/C14H21N3O4S/c1-15-14(18)12-2-4-13(5-3-12)22(19,20)16-6-7-17-8-10-21-11-9-17/h2-5,16H,6-11H2,1H3,(H,15,18). The molecular formula is C14H21N3O4S. The lowest BCUT2D eigenvalue weighted by Crippen LogP contribution is -2.41. The summed E-state index contributed by atoms with van der Waals surface area (Å²) in [5.41, 5.74) is 0.426. The van der Waals surface area contributed by atoms with Crippen LogP contribution in [0.15, 0.2) is 29.2 Å². The second kappa shape index (κ2) is 7.68. The average Bonchev–Trinajstić information content (AvgIpc) is 2.55. The van der Waals surface area contributed by atoms with Crippen LogP contribution < -0.4 is 10.0 Å². The molecule has 0 bridgehead atoms. The van der Waals surface area contributed by atoms with Gasteiger partial charge in [-0.25, -0.2) is 13.1 Å². The van der Waals surface area contributed by atoms with Crippen molar-refractivity contribution in [2.24, 2.45) is 0 Å². The summed E-state index contributed by atoms with van der Waals surface area (Å²) in [6.45, 7) is 4.02. The third-order valence-electron chi connectivity index (χ3n) is 3.48. The van der Waals surface area contributed by atoms with E-state index in [1.165, 1.54) is 31.3 Å². The molecule has 22 heavy (non-hydrogen) atoms. The van der Waals surface area contributed by atoms with Gasteiger partial charge in [0, 0.05) is 38.8 Å². The fourth-order valence-electron chi connectivity index (χ4n) is 2.18. The van der Waals surface area contributed by atoms with Crippen molar-refractivity contribution in [3.05, 3.63) is 29.8 Å². The van der Waals surface area contributed by atoms with Crippen molar-refractivity contribution in [2.75, 3.05) is 46.4 Å². The van der Waals surface area contributed by atoms with Crippen LogP contribution in [0, 0.1) is 0 Å². The minimum absolute atomic E-state index is 0.155. The summed E-state index contributed by atoms with van der Waals surface area (Å²) in [5.74, 6) is -0.246. The lowest BCUT2D eigenvalue weighted by Gasteiger charge is -2.26.